The lowest BCUT2D eigenvalue weighted by molar-refractivity contribution is -0.0213. The van der Waals surface area contributed by atoms with Crippen LogP contribution >= 0.6 is 0 Å². The van der Waals surface area contributed by atoms with Crippen molar-refractivity contribution in [3.05, 3.63) is 24.3 Å². The summed E-state index contributed by atoms with van der Waals surface area (Å²) < 4.78 is 11.3. The molecule has 1 aliphatic rings. The summed E-state index contributed by atoms with van der Waals surface area (Å²) in [5.74, 6) is 1.76. The largest absolute Gasteiger partial charge is 0.493 e. The predicted octanol–water partition coefficient (Wildman–Crippen LogP) is 3.96. The van der Waals surface area contributed by atoms with Gasteiger partial charge in [-0.05, 0) is 67.2 Å². The van der Waals surface area contributed by atoms with E-state index in [1.165, 1.54) is 0 Å². The summed E-state index contributed by atoms with van der Waals surface area (Å²) in [5.41, 5.74) is 11.6. The summed E-state index contributed by atoms with van der Waals surface area (Å²) in [5, 5.41) is 0. The number of nitrogen functional groups attached to an aromatic ring is 1. The fraction of sp³-hybridized carbons (Fsp3) is 0.632. The number of primary amides is 1. The number of hydrogen-bond donors (Lipinski definition) is 2. The Balaban J connectivity index is 1.83. The zero-order valence-electron chi connectivity index (χ0n) is 15.0. The van der Waals surface area contributed by atoms with Crippen molar-refractivity contribution in [3.8, 4) is 5.75 Å². The molecule has 0 saturated heterocycles. The van der Waals surface area contributed by atoms with Crippen LogP contribution in [0.4, 0.5) is 10.5 Å². The average molecular weight is 334 g/mol. The molecule has 0 aliphatic heterocycles. The molecule has 1 saturated carbocycles. The molecule has 0 heterocycles. The van der Waals surface area contributed by atoms with Crippen molar-refractivity contribution >= 4 is 11.8 Å². The van der Waals surface area contributed by atoms with E-state index in [-0.39, 0.29) is 11.5 Å². The van der Waals surface area contributed by atoms with Crippen molar-refractivity contribution in [1.29, 1.82) is 0 Å². The highest BCUT2D eigenvalue weighted by Gasteiger charge is 2.37. The van der Waals surface area contributed by atoms with Crippen LogP contribution in [0.3, 0.4) is 0 Å². The Morgan fingerprint density at radius 2 is 1.75 bits per heavy atom. The Kier molecular flexibility index (Phi) is 5.97. The van der Waals surface area contributed by atoms with Crippen molar-refractivity contribution in [2.24, 2.45) is 23.0 Å². The molecule has 4 N–H and O–H groups in total. The molecule has 1 aromatic carbocycles. The van der Waals surface area contributed by atoms with Crippen LogP contribution < -0.4 is 16.2 Å². The number of amides is 1. The van der Waals surface area contributed by atoms with Gasteiger partial charge in [0.05, 0.1) is 6.61 Å². The van der Waals surface area contributed by atoms with Crippen LogP contribution in [0.1, 0.15) is 46.5 Å². The molecule has 0 radical (unpaired) electrons. The first-order valence-corrected chi connectivity index (χ1v) is 8.70. The Labute approximate surface area is 144 Å². The van der Waals surface area contributed by atoms with Crippen molar-refractivity contribution in [1.82, 2.24) is 0 Å². The van der Waals surface area contributed by atoms with E-state index >= 15 is 0 Å². The second kappa shape index (κ2) is 7.77. The van der Waals surface area contributed by atoms with E-state index in [9.17, 15) is 4.79 Å². The maximum absolute atomic E-state index is 11.2. The number of hydrogen-bond acceptors (Lipinski definition) is 4. The maximum atomic E-state index is 11.2. The van der Waals surface area contributed by atoms with Gasteiger partial charge in [-0.3, -0.25) is 0 Å². The molecule has 134 valence electrons. The molecular weight excluding hydrogens is 304 g/mol. The fourth-order valence-corrected chi connectivity index (χ4v) is 3.54. The molecule has 0 bridgehead atoms. The van der Waals surface area contributed by atoms with Gasteiger partial charge in [-0.15, -0.1) is 0 Å². The van der Waals surface area contributed by atoms with Crippen LogP contribution in [-0.4, -0.2) is 18.8 Å². The van der Waals surface area contributed by atoms with Crippen molar-refractivity contribution in [3.63, 3.8) is 0 Å². The summed E-state index contributed by atoms with van der Waals surface area (Å²) in [7, 11) is 0. The molecule has 1 aromatic rings. The first-order chi connectivity index (χ1) is 11.3. The molecular formula is C19H30N2O3. The average Bonchev–Trinajstić information content (AvgIpc) is 2.51. The van der Waals surface area contributed by atoms with E-state index in [1.54, 1.807) is 0 Å². The lowest BCUT2D eigenvalue weighted by Crippen LogP contribution is -2.41. The highest BCUT2D eigenvalue weighted by molar-refractivity contribution is 5.64. The summed E-state index contributed by atoms with van der Waals surface area (Å²) in [6, 6.07) is 7.50. The van der Waals surface area contributed by atoms with E-state index in [1.807, 2.05) is 24.3 Å². The van der Waals surface area contributed by atoms with Gasteiger partial charge in [0.1, 0.15) is 11.9 Å². The highest BCUT2D eigenvalue weighted by atomic mass is 16.6. The first kappa shape index (κ1) is 18.4. The molecule has 1 atom stereocenters. The second-order valence-electron chi connectivity index (χ2n) is 7.88. The minimum Gasteiger partial charge on any atom is -0.493 e. The van der Waals surface area contributed by atoms with Gasteiger partial charge in [-0.2, -0.15) is 0 Å². The normalized spacial score (nSPS) is 22.6. The SMILES string of the molecule is CC(C)(C)C(OC(N)=O)C1CCC(COc2ccc(N)cc2)CC1. The molecule has 0 spiro atoms. The Hall–Kier alpha value is -1.91. The number of anilines is 1. The summed E-state index contributed by atoms with van der Waals surface area (Å²) >= 11 is 0. The lowest BCUT2D eigenvalue weighted by atomic mass is 9.72. The van der Waals surface area contributed by atoms with Crippen LogP contribution in [0.2, 0.25) is 0 Å². The topological polar surface area (TPSA) is 87.6 Å². The quantitative estimate of drug-likeness (QED) is 0.798. The second-order valence-corrected chi connectivity index (χ2v) is 7.88. The summed E-state index contributed by atoms with van der Waals surface area (Å²) in [6.45, 7) is 7.00. The van der Waals surface area contributed by atoms with Gasteiger partial charge >= 0.3 is 6.09 Å². The molecule has 24 heavy (non-hydrogen) atoms. The number of carbonyl (C=O) groups excluding carboxylic acids is 1. The van der Waals surface area contributed by atoms with E-state index in [0.29, 0.717) is 18.4 Å². The minimum absolute atomic E-state index is 0.104. The Bertz CT molecular complexity index is 529. The zero-order chi connectivity index (χ0) is 17.7. The summed E-state index contributed by atoms with van der Waals surface area (Å²) in [4.78, 5) is 11.2. The van der Waals surface area contributed by atoms with Gasteiger partial charge in [0, 0.05) is 5.69 Å². The van der Waals surface area contributed by atoms with Crippen molar-refractivity contribution in [2.75, 3.05) is 12.3 Å². The van der Waals surface area contributed by atoms with Crippen LogP contribution in [0.25, 0.3) is 0 Å². The van der Waals surface area contributed by atoms with Gasteiger partial charge in [0.2, 0.25) is 0 Å². The number of ether oxygens (including phenoxy) is 2. The third-order valence-electron chi connectivity index (χ3n) is 4.78. The Morgan fingerprint density at radius 1 is 1.17 bits per heavy atom. The lowest BCUT2D eigenvalue weighted by Gasteiger charge is -2.39. The van der Waals surface area contributed by atoms with Gasteiger partial charge in [0.25, 0.3) is 0 Å². The van der Waals surface area contributed by atoms with Crippen molar-refractivity contribution in [2.45, 2.75) is 52.6 Å². The number of benzene rings is 1. The molecule has 1 aliphatic carbocycles. The molecule has 5 heteroatoms. The Morgan fingerprint density at radius 3 is 2.25 bits per heavy atom. The van der Waals surface area contributed by atoms with E-state index in [2.05, 4.69) is 20.8 Å². The molecule has 1 unspecified atom stereocenters. The van der Waals surface area contributed by atoms with Gasteiger partial charge in [-0.1, -0.05) is 20.8 Å². The third kappa shape index (κ3) is 5.32. The molecule has 0 aromatic heterocycles. The summed E-state index contributed by atoms with van der Waals surface area (Å²) in [6.07, 6.45) is 3.41. The van der Waals surface area contributed by atoms with Crippen LogP contribution in [-0.2, 0) is 4.74 Å². The van der Waals surface area contributed by atoms with E-state index in [0.717, 1.165) is 37.1 Å². The highest BCUT2D eigenvalue weighted by Crippen LogP contribution is 2.38. The minimum atomic E-state index is -0.677. The van der Waals surface area contributed by atoms with Crippen LogP contribution in [0.15, 0.2) is 24.3 Å². The maximum Gasteiger partial charge on any atom is 0.404 e. The van der Waals surface area contributed by atoms with Crippen LogP contribution in [0, 0.1) is 17.3 Å². The number of rotatable bonds is 5. The predicted molar refractivity (Wildman–Crippen MR) is 95.7 cm³/mol. The molecule has 2 rings (SSSR count). The standard InChI is InChI=1S/C19H30N2O3/c1-19(2,3)17(24-18(21)22)14-6-4-13(5-7-14)12-23-16-10-8-15(20)9-11-16/h8-11,13-14,17H,4-7,12,20H2,1-3H3,(H2,21,22). The number of carbonyl (C=O) groups is 1. The van der Waals surface area contributed by atoms with Crippen molar-refractivity contribution < 1.29 is 14.3 Å². The van der Waals surface area contributed by atoms with E-state index < -0.39 is 6.09 Å². The zero-order valence-corrected chi connectivity index (χ0v) is 15.0. The van der Waals surface area contributed by atoms with Gasteiger partial charge in [0.15, 0.2) is 0 Å². The number of nitrogens with two attached hydrogens (primary N) is 2. The van der Waals surface area contributed by atoms with Gasteiger partial charge < -0.3 is 20.9 Å². The molecule has 1 amide bonds. The van der Waals surface area contributed by atoms with Gasteiger partial charge in [-0.25, -0.2) is 4.79 Å². The van der Waals surface area contributed by atoms with E-state index in [4.69, 9.17) is 20.9 Å². The monoisotopic (exact) mass is 334 g/mol. The third-order valence-corrected chi connectivity index (χ3v) is 4.78. The first-order valence-electron chi connectivity index (χ1n) is 8.70. The molecule has 1 fully saturated rings. The smallest absolute Gasteiger partial charge is 0.404 e. The van der Waals surface area contributed by atoms with Crippen LogP contribution in [0.5, 0.6) is 5.75 Å². The fourth-order valence-electron chi connectivity index (χ4n) is 3.54. The molecule has 5 nitrogen and oxygen atoms in total.